The van der Waals surface area contributed by atoms with Crippen molar-refractivity contribution in [2.75, 3.05) is 5.32 Å². The fourth-order valence-corrected chi connectivity index (χ4v) is 5.35. The smallest absolute Gasteiger partial charge is 0.255 e. The summed E-state index contributed by atoms with van der Waals surface area (Å²) in [6.45, 7) is 0. The van der Waals surface area contributed by atoms with Gasteiger partial charge in [-0.2, -0.15) is 9.78 Å². The van der Waals surface area contributed by atoms with Gasteiger partial charge in [0.2, 0.25) is 11.9 Å². The first kappa shape index (κ1) is 21.5. The molecule has 0 radical (unpaired) electrons. The minimum Gasteiger partial charge on any atom is -0.310 e. The van der Waals surface area contributed by atoms with Crippen LogP contribution in [-0.2, 0) is 24.1 Å². The van der Waals surface area contributed by atoms with Crippen molar-refractivity contribution in [2.45, 2.75) is 32.1 Å². The molecule has 0 spiro atoms. The molecule has 8 heteroatoms. The zero-order chi connectivity index (χ0) is 23.8. The quantitative estimate of drug-likeness (QED) is 0.374. The van der Waals surface area contributed by atoms with Crippen LogP contribution in [0.5, 0.6) is 0 Å². The minimum absolute atomic E-state index is 0.133. The predicted molar refractivity (Wildman–Crippen MR) is 138 cm³/mol. The number of hydrogen-bond donors (Lipinski definition) is 2. The van der Waals surface area contributed by atoms with E-state index in [9.17, 15) is 9.59 Å². The van der Waals surface area contributed by atoms with Crippen molar-refractivity contribution >= 4 is 33.8 Å². The van der Waals surface area contributed by atoms with Crippen LogP contribution in [0.25, 0.3) is 27.3 Å². The number of nitrogens with zero attached hydrogens (tertiary/aromatic N) is 3. The summed E-state index contributed by atoms with van der Waals surface area (Å²) in [6.07, 6.45) is 3.74. The molecule has 1 aliphatic rings. The molecule has 35 heavy (non-hydrogen) atoms. The van der Waals surface area contributed by atoms with E-state index in [0.717, 1.165) is 58.2 Å². The number of aromatic amines is 1. The summed E-state index contributed by atoms with van der Waals surface area (Å²) < 4.78 is 1.53. The van der Waals surface area contributed by atoms with Gasteiger partial charge in [-0.3, -0.25) is 14.6 Å². The lowest BCUT2D eigenvalue weighted by Crippen LogP contribution is -2.25. The molecule has 0 unspecified atom stereocenters. The van der Waals surface area contributed by atoms with Gasteiger partial charge in [-0.1, -0.05) is 48.5 Å². The summed E-state index contributed by atoms with van der Waals surface area (Å²) >= 11 is 1.56. The third-order valence-corrected chi connectivity index (χ3v) is 7.25. The normalized spacial score (nSPS) is 13.0. The molecule has 3 heterocycles. The van der Waals surface area contributed by atoms with Crippen LogP contribution in [-0.4, -0.2) is 25.7 Å². The first-order chi connectivity index (χ1) is 17.2. The zero-order valence-electron chi connectivity index (χ0n) is 19.0. The van der Waals surface area contributed by atoms with E-state index >= 15 is 0 Å². The van der Waals surface area contributed by atoms with Crippen LogP contribution in [0.4, 0.5) is 5.82 Å². The standard InChI is InChI=1S/C27H23N5O2S/c33-25(15-18-9-5-8-17-7-1-2-10-19(17)18)29-24-16-22(23-13-6-14-35-23)31-32(24)27-28-21-12-4-3-11-20(21)26(34)30-27/h1-2,5-10,13-14,16H,3-4,11-12,15H2,(H,29,33)(H,28,30,34). The second-order valence-electron chi connectivity index (χ2n) is 8.69. The predicted octanol–water partition coefficient (Wildman–Crippen LogP) is 4.90. The fraction of sp³-hybridized carbons (Fsp3) is 0.185. The molecule has 174 valence electrons. The Kier molecular flexibility index (Phi) is 5.50. The van der Waals surface area contributed by atoms with E-state index in [1.165, 1.54) is 4.68 Å². The molecule has 3 aromatic heterocycles. The summed E-state index contributed by atoms with van der Waals surface area (Å²) in [4.78, 5) is 34.5. The van der Waals surface area contributed by atoms with Crippen LogP contribution < -0.4 is 10.9 Å². The molecule has 0 saturated heterocycles. The maximum Gasteiger partial charge on any atom is 0.255 e. The van der Waals surface area contributed by atoms with Gasteiger partial charge in [0.15, 0.2) is 0 Å². The van der Waals surface area contributed by atoms with Gasteiger partial charge in [-0.05, 0) is 53.5 Å². The van der Waals surface area contributed by atoms with Crippen molar-refractivity contribution in [3.63, 3.8) is 0 Å². The third kappa shape index (κ3) is 4.17. The second-order valence-corrected chi connectivity index (χ2v) is 9.64. The molecule has 1 aliphatic carbocycles. The Hall–Kier alpha value is -4.04. The van der Waals surface area contributed by atoms with Gasteiger partial charge in [-0.15, -0.1) is 11.3 Å². The summed E-state index contributed by atoms with van der Waals surface area (Å²) in [7, 11) is 0. The Labute approximate surface area is 205 Å². The molecule has 0 atom stereocenters. The van der Waals surface area contributed by atoms with Crippen LogP contribution in [0.2, 0.25) is 0 Å². The third-order valence-electron chi connectivity index (χ3n) is 6.36. The van der Waals surface area contributed by atoms with Gasteiger partial charge in [-0.25, -0.2) is 4.98 Å². The highest BCUT2D eigenvalue weighted by Gasteiger charge is 2.20. The number of hydrogen-bond acceptors (Lipinski definition) is 5. The summed E-state index contributed by atoms with van der Waals surface area (Å²) in [5.74, 6) is 0.622. The number of aromatic nitrogens is 4. The number of fused-ring (bicyclic) bond motifs is 2. The van der Waals surface area contributed by atoms with E-state index in [1.54, 1.807) is 11.3 Å². The van der Waals surface area contributed by atoms with Crippen molar-refractivity contribution in [1.29, 1.82) is 0 Å². The number of H-pyrrole nitrogens is 1. The number of thiophene rings is 1. The van der Waals surface area contributed by atoms with Crippen molar-refractivity contribution in [3.05, 3.63) is 93.2 Å². The number of anilines is 1. The number of nitrogens with one attached hydrogen (secondary N) is 2. The summed E-state index contributed by atoms with van der Waals surface area (Å²) in [5, 5.41) is 11.8. The second kappa shape index (κ2) is 8.96. The van der Waals surface area contributed by atoms with E-state index in [-0.39, 0.29) is 17.9 Å². The SMILES string of the molecule is O=C(Cc1cccc2ccccc12)Nc1cc(-c2cccs2)nn1-c1nc2c(c(=O)[nH]1)CCCC2. The van der Waals surface area contributed by atoms with Gasteiger partial charge in [0.05, 0.1) is 17.0 Å². The highest BCUT2D eigenvalue weighted by molar-refractivity contribution is 7.13. The lowest BCUT2D eigenvalue weighted by Gasteiger charge is -2.15. The molecular formula is C27H23N5O2S. The lowest BCUT2D eigenvalue weighted by atomic mass is 9.97. The number of carbonyl (C=O) groups is 1. The van der Waals surface area contributed by atoms with E-state index < -0.39 is 0 Å². The lowest BCUT2D eigenvalue weighted by molar-refractivity contribution is -0.115. The maximum atomic E-state index is 13.2. The number of aryl methyl sites for hydroxylation is 1. The minimum atomic E-state index is -0.166. The van der Waals surface area contributed by atoms with E-state index in [2.05, 4.69) is 10.3 Å². The highest BCUT2D eigenvalue weighted by Crippen LogP contribution is 2.28. The molecule has 5 aromatic rings. The molecule has 1 amide bonds. The molecule has 2 N–H and O–H groups in total. The van der Waals surface area contributed by atoms with Crippen LogP contribution in [0, 0.1) is 0 Å². The topological polar surface area (TPSA) is 92.7 Å². The first-order valence-electron chi connectivity index (χ1n) is 11.7. The van der Waals surface area contributed by atoms with Gasteiger partial charge >= 0.3 is 0 Å². The van der Waals surface area contributed by atoms with Gasteiger partial charge in [0.1, 0.15) is 11.5 Å². The number of amides is 1. The Morgan fingerprint density at radius 3 is 2.80 bits per heavy atom. The molecule has 0 saturated carbocycles. The average molecular weight is 482 g/mol. The summed E-state index contributed by atoms with van der Waals surface area (Å²) in [6, 6.07) is 19.8. The van der Waals surface area contributed by atoms with Crippen LogP contribution in [0.15, 0.2) is 70.8 Å². The number of carbonyl (C=O) groups excluding carboxylic acids is 1. The van der Waals surface area contributed by atoms with Crippen molar-refractivity contribution in [3.8, 4) is 16.5 Å². The first-order valence-corrected chi connectivity index (χ1v) is 12.6. The largest absolute Gasteiger partial charge is 0.310 e. The molecule has 0 aliphatic heterocycles. The van der Waals surface area contributed by atoms with Gasteiger partial charge < -0.3 is 5.32 Å². The van der Waals surface area contributed by atoms with Crippen LogP contribution >= 0.6 is 11.3 Å². The summed E-state index contributed by atoms with van der Waals surface area (Å²) in [5.41, 5.74) is 3.10. The van der Waals surface area contributed by atoms with Gasteiger partial charge in [0.25, 0.3) is 5.56 Å². The molecule has 0 fully saturated rings. The Balaban J connectivity index is 1.37. The molecule has 7 nitrogen and oxygen atoms in total. The average Bonchev–Trinajstić information content (AvgIpc) is 3.55. The van der Waals surface area contributed by atoms with Crippen molar-refractivity contribution in [2.24, 2.45) is 0 Å². The number of rotatable bonds is 5. The molecule has 2 aromatic carbocycles. The highest BCUT2D eigenvalue weighted by atomic mass is 32.1. The Morgan fingerprint density at radius 1 is 1.06 bits per heavy atom. The zero-order valence-corrected chi connectivity index (χ0v) is 19.8. The van der Waals surface area contributed by atoms with Gasteiger partial charge in [0, 0.05) is 11.6 Å². The van der Waals surface area contributed by atoms with E-state index in [1.807, 2.05) is 66.0 Å². The molecule has 0 bridgehead atoms. The van der Waals surface area contributed by atoms with E-state index in [0.29, 0.717) is 17.5 Å². The maximum absolute atomic E-state index is 13.2. The van der Waals surface area contributed by atoms with Crippen molar-refractivity contribution < 1.29 is 4.79 Å². The van der Waals surface area contributed by atoms with Crippen LogP contribution in [0.3, 0.4) is 0 Å². The van der Waals surface area contributed by atoms with E-state index in [4.69, 9.17) is 10.1 Å². The van der Waals surface area contributed by atoms with Crippen LogP contribution in [0.1, 0.15) is 29.7 Å². The molecule has 6 rings (SSSR count). The van der Waals surface area contributed by atoms with Crippen molar-refractivity contribution in [1.82, 2.24) is 19.7 Å². The Morgan fingerprint density at radius 2 is 1.91 bits per heavy atom. The molecular weight excluding hydrogens is 458 g/mol. The Bertz CT molecular complexity index is 1590. The monoisotopic (exact) mass is 481 g/mol. The number of benzene rings is 2. The fourth-order valence-electron chi connectivity index (χ4n) is 4.67.